The molecule has 0 aromatic rings. The second-order valence-electron chi connectivity index (χ2n) is 5.17. The van der Waals surface area contributed by atoms with E-state index in [4.69, 9.17) is 9.84 Å². The number of amides is 1. The smallest absolute Gasteiger partial charge is 0.327 e. The summed E-state index contributed by atoms with van der Waals surface area (Å²) in [5.74, 6) is -0.172. The minimum Gasteiger partial charge on any atom is -0.480 e. The third-order valence-corrected chi connectivity index (χ3v) is 3.99. The molecule has 6 heteroatoms. The topological polar surface area (TPSA) is 75.6 Å². The van der Waals surface area contributed by atoms with Crippen LogP contribution in [0.15, 0.2) is 0 Å². The summed E-state index contributed by atoms with van der Waals surface area (Å²) in [4.78, 5) is 21.8. The minimum absolute atomic E-state index is 0.0605. The molecule has 2 unspecified atom stereocenters. The molecule has 0 aliphatic carbocycles. The monoisotopic (exact) mass is 275 g/mol. The van der Waals surface area contributed by atoms with Gasteiger partial charge in [-0.15, -0.1) is 0 Å². The lowest BCUT2D eigenvalue weighted by atomic mass is 10.1. The number of nitrogens with one attached hydrogen (secondary N) is 1. The first kappa shape index (κ1) is 15.3. The lowest BCUT2D eigenvalue weighted by Crippen LogP contribution is -2.41. The van der Waals surface area contributed by atoms with Gasteiger partial charge < -0.3 is 15.2 Å². The number of aliphatic carboxylic acids is 1. The van der Waals surface area contributed by atoms with E-state index in [1.54, 1.807) is 0 Å². The van der Waals surface area contributed by atoms with E-state index in [0.29, 0.717) is 5.75 Å². The minimum atomic E-state index is -0.995. The van der Waals surface area contributed by atoms with Crippen molar-refractivity contribution in [3.05, 3.63) is 0 Å². The fourth-order valence-electron chi connectivity index (χ4n) is 1.93. The summed E-state index contributed by atoms with van der Waals surface area (Å²) in [5, 5.41) is 11.4. The fraction of sp³-hybridized carbons (Fsp3) is 0.833. The van der Waals surface area contributed by atoms with Gasteiger partial charge in [0.05, 0.1) is 11.7 Å². The molecular formula is C12H21NO4S. The Balaban J connectivity index is 2.27. The molecule has 1 fully saturated rings. The number of hydrogen-bond donors (Lipinski definition) is 2. The highest BCUT2D eigenvalue weighted by molar-refractivity contribution is 7.99. The average Bonchev–Trinajstić information content (AvgIpc) is 2.56. The standard InChI is InChI=1S/C12H21NO4S/c1-8(14)13-10(11(15)16)7-18-6-9-4-5-12(2,3)17-9/h9-10H,4-7H2,1-3H3,(H,13,14)(H,15,16). The molecule has 104 valence electrons. The Morgan fingerprint density at radius 2 is 2.22 bits per heavy atom. The SMILES string of the molecule is CC(=O)NC(CSCC1CCC(C)(C)O1)C(=O)O. The van der Waals surface area contributed by atoms with Crippen LogP contribution >= 0.6 is 11.8 Å². The third-order valence-electron chi connectivity index (χ3n) is 2.82. The van der Waals surface area contributed by atoms with Crippen molar-refractivity contribution in [2.45, 2.75) is 51.4 Å². The average molecular weight is 275 g/mol. The van der Waals surface area contributed by atoms with E-state index in [2.05, 4.69) is 19.2 Å². The molecule has 1 heterocycles. The van der Waals surface area contributed by atoms with Crippen molar-refractivity contribution in [3.63, 3.8) is 0 Å². The van der Waals surface area contributed by atoms with E-state index in [1.807, 2.05) is 0 Å². The molecular weight excluding hydrogens is 254 g/mol. The van der Waals surface area contributed by atoms with Crippen molar-refractivity contribution in [2.24, 2.45) is 0 Å². The normalized spacial score (nSPS) is 23.6. The molecule has 0 saturated carbocycles. The summed E-state index contributed by atoms with van der Waals surface area (Å²) in [5.41, 5.74) is -0.0605. The van der Waals surface area contributed by atoms with Crippen LogP contribution in [0.1, 0.15) is 33.6 Å². The Hall–Kier alpha value is -0.750. The van der Waals surface area contributed by atoms with E-state index in [9.17, 15) is 9.59 Å². The van der Waals surface area contributed by atoms with Gasteiger partial charge in [0.1, 0.15) is 6.04 Å². The molecule has 0 aromatic carbocycles. The van der Waals surface area contributed by atoms with Gasteiger partial charge >= 0.3 is 5.97 Å². The van der Waals surface area contributed by atoms with Crippen LogP contribution in [0.5, 0.6) is 0 Å². The van der Waals surface area contributed by atoms with Gasteiger partial charge in [-0.25, -0.2) is 4.79 Å². The maximum absolute atomic E-state index is 10.9. The molecule has 5 nitrogen and oxygen atoms in total. The van der Waals surface area contributed by atoms with Crippen LogP contribution in [0.25, 0.3) is 0 Å². The number of hydrogen-bond acceptors (Lipinski definition) is 4. The molecule has 0 aromatic heterocycles. The van der Waals surface area contributed by atoms with Gasteiger partial charge in [0.15, 0.2) is 0 Å². The number of thioether (sulfide) groups is 1. The van der Waals surface area contributed by atoms with Crippen LogP contribution in [-0.4, -0.2) is 46.2 Å². The van der Waals surface area contributed by atoms with E-state index < -0.39 is 12.0 Å². The highest BCUT2D eigenvalue weighted by Gasteiger charge is 2.31. The van der Waals surface area contributed by atoms with Gasteiger partial charge in [0, 0.05) is 18.4 Å². The van der Waals surface area contributed by atoms with Gasteiger partial charge in [-0.3, -0.25) is 4.79 Å². The van der Waals surface area contributed by atoms with Crippen molar-refractivity contribution in [1.29, 1.82) is 0 Å². The highest BCUT2D eigenvalue weighted by Crippen LogP contribution is 2.31. The molecule has 1 aliphatic heterocycles. The molecule has 2 atom stereocenters. The van der Waals surface area contributed by atoms with Gasteiger partial charge in [-0.05, 0) is 26.7 Å². The number of carboxylic acid groups (broad SMARTS) is 1. The van der Waals surface area contributed by atoms with Gasteiger partial charge in [-0.1, -0.05) is 0 Å². The molecule has 1 rings (SSSR count). The third kappa shape index (κ3) is 5.27. The van der Waals surface area contributed by atoms with Crippen molar-refractivity contribution < 1.29 is 19.4 Å². The van der Waals surface area contributed by atoms with Gasteiger partial charge in [-0.2, -0.15) is 11.8 Å². The first-order valence-corrected chi connectivity index (χ1v) is 7.21. The zero-order chi connectivity index (χ0) is 13.8. The van der Waals surface area contributed by atoms with Crippen LogP contribution in [0.4, 0.5) is 0 Å². The molecule has 2 N–H and O–H groups in total. The Morgan fingerprint density at radius 1 is 1.56 bits per heavy atom. The number of rotatable bonds is 6. The largest absolute Gasteiger partial charge is 0.480 e. The van der Waals surface area contributed by atoms with E-state index in [-0.39, 0.29) is 17.6 Å². The van der Waals surface area contributed by atoms with E-state index in [0.717, 1.165) is 18.6 Å². The number of carbonyl (C=O) groups is 2. The van der Waals surface area contributed by atoms with Crippen LogP contribution in [0.2, 0.25) is 0 Å². The van der Waals surface area contributed by atoms with Crippen molar-refractivity contribution in [2.75, 3.05) is 11.5 Å². The summed E-state index contributed by atoms with van der Waals surface area (Å²) in [6.07, 6.45) is 2.24. The summed E-state index contributed by atoms with van der Waals surface area (Å²) >= 11 is 1.51. The van der Waals surface area contributed by atoms with Crippen molar-refractivity contribution in [1.82, 2.24) is 5.32 Å². The number of ether oxygens (including phenoxy) is 1. The molecule has 0 bridgehead atoms. The molecule has 1 amide bonds. The van der Waals surface area contributed by atoms with Crippen LogP contribution in [0, 0.1) is 0 Å². The fourth-order valence-corrected chi connectivity index (χ4v) is 3.03. The van der Waals surface area contributed by atoms with Crippen LogP contribution < -0.4 is 5.32 Å². The molecule has 1 saturated heterocycles. The maximum Gasteiger partial charge on any atom is 0.327 e. The predicted octanol–water partition coefficient (Wildman–Crippen LogP) is 1.27. The van der Waals surface area contributed by atoms with E-state index >= 15 is 0 Å². The Bertz CT molecular complexity index is 319. The lowest BCUT2D eigenvalue weighted by Gasteiger charge is -2.19. The van der Waals surface area contributed by atoms with Gasteiger partial charge in [0.2, 0.25) is 5.91 Å². The van der Waals surface area contributed by atoms with Crippen molar-refractivity contribution >= 4 is 23.6 Å². The molecule has 0 spiro atoms. The summed E-state index contributed by atoms with van der Waals surface area (Å²) in [7, 11) is 0. The summed E-state index contributed by atoms with van der Waals surface area (Å²) in [6.45, 7) is 5.45. The molecule has 1 aliphatic rings. The lowest BCUT2D eigenvalue weighted by molar-refractivity contribution is -0.140. The Labute approximate surface area is 112 Å². The second-order valence-corrected chi connectivity index (χ2v) is 6.24. The van der Waals surface area contributed by atoms with E-state index in [1.165, 1.54) is 18.7 Å². The molecule has 18 heavy (non-hydrogen) atoms. The quantitative estimate of drug-likeness (QED) is 0.763. The number of carbonyl (C=O) groups excluding carboxylic acids is 1. The first-order chi connectivity index (χ1) is 8.30. The maximum atomic E-state index is 10.9. The number of carboxylic acids is 1. The summed E-state index contributed by atoms with van der Waals surface area (Å²) in [6, 6.07) is -0.818. The first-order valence-electron chi connectivity index (χ1n) is 6.05. The highest BCUT2D eigenvalue weighted by atomic mass is 32.2. The zero-order valence-electron chi connectivity index (χ0n) is 11.1. The zero-order valence-corrected chi connectivity index (χ0v) is 11.9. The second kappa shape index (κ2) is 6.43. The van der Waals surface area contributed by atoms with Crippen LogP contribution in [-0.2, 0) is 14.3 Å². The Morgan fingerprint density at radius 3 is 2.67 bits per heavy atom. The van der Waals surface area contributed by atoms with Crippen molar-refractivity contribution in [3.8, 4) is 0 Å². The molecule has 0 radical (unpaired) electrons. The predicted molar refractivity (Wildman–Crippen MR) is 70.8 cm³/mol. The van der Waals surface area contributed by atoms with Gasteiger partial charge in [0.25, 0.3) is 0 Å². The summed E-state index contributed by atoms with van der Waals surface area (Å²) < 4.78 is 5.82. The Kier molecular flexibility index (Phi) is 5.47. The van der Waals surface area contributed by atoms with Crippen LogP contribution in [0.3, 0.4) is 0 Å².